The van der Waals surface area contributed by atoms with Crippen LogP contribution in [0.1, 0.15) is 76.2 Å². The minimum atomic E-state index is -0.946. The zero-order valence-corrected chi connectivity index (χ0v) is 18.4. The van der Waals surface area contributed by atoms with Gasteiger partial charge in [-0.2, -0.15) is 0 Å². The monoisotopic (exact) mass is 416 g/mol. The Morgan fingerprint density at radius 1 is 1.00 bits per heavy atom. The number of hydrazine groups is 1. The predicted molar refractivity (Wildman–Crippen MR) is 114 cm³/mol. The SMILES string of the molecule is CCCC1(CCC)NC(=O)N(CC(=O)NNC(=O)c2ccc(C(C)(C)C)cc2)C1=O. The van der Waals surface area contributed by atoms with Crippen molar-refractivity contribution >= 4 is 23.8 Å². The van der Waals surface area contributed by atoms with Gasteiger partial charge in [-0.25, -0.2) is 4.79 Å². The number of nitrogens with one attached hydrogen (secondary N) is 3. The standard InChI is InChI=1S/C22H32N4O4/c1-6-12-22(13-7-2)19(29)26(20(30)23-22)14-17(27)24-25-18(28)15-8-10-16(11-9-15)21(3,4)5/h8-11H,6-7,12-14H2,1-5H3,(H,23,30)(H,24,27)(H,25,28). The van der Waals surface area contributed by atoms with Gasteiger partial charge in [0.15, 0.2) is 0 Å². The van der Waals surface area contributed by atoms with Gasteiger partial charge >= 0.3 is 6.03 Å². The fraction of sp³-hybridized carbons (Fsp3) is 0.545. The van der Waals surface area contributed by atoms with Crippen LogP contribution in [0, 0.1) is 0 Å². The van der Waals surface area contributed by atoms with E-state index >= 15 is 0 Å². The van der Waals surface area contributed by atoms with Crippen LogP contribution in [0.25, 0.3) is 0 Å². The van der Waals surface area contributed by atoms with E-state index in [1.807, 2.05) is 26.0 Å². The van der Waals surface area contributed by atoms with Crippen molar-refractivity contribution in [1.82, 2.24) is 21.1 Å². The van der Waals surface area contributed by atoms with Gasteiger partial charge in [-0.15, -0.1) is 0 Å². The van der Waals surface area contributed by atoms with E-state index in [-0.39, 0.29) is 5.41 Å². The van der Waals surface area contributed by atoms with E-state index < -0.39 is 35.8 Å². The van der Waals surface area contributed by atoms with Crippen molar-refractivity contribution in [2.75, 3.05) is 6.54 Å². The molecule has 1 aromatic rings. The van der Waals surface area contributed by atoms with Crippen molar-refractivity contribution in [2.45, 2.75) is 71.3 Å². The largest absolute Gasteiger partial charge is 0.325 e. The summed E-state index contributed by atoms with van der Waals surface area (Å²) >= 11 is 0. The van der Waals surface area contributed by atoms with Gasteiger partial charge in [-0.3, -0.25) is 30.1 Å². The molecule has 0 saturated carbocycles. The first-order chi connectivity index (χ1) is 14.0. The molecule has 30 heavy (non-hydrogen) atoms. The molecule has 0 unspecified atom stereocenters. The molecule has 3 N–H and O–H groups in total. The van der Waals surface area contributed by atoms with Crippen molar-refractivity contribution in [3.05, 3.63) is 35.4 Å². The number of carbonyl (C=O) groups excluding carboxylic acids is 4. The number of amides is 5. The molecule has 8 nitrogen and oxygen atoms in total. The normalized spacial score (nSPS) is 15.7. The van der Waals surface area contributed by atoms with Crippen LogP contribution in [0.15, 0.2) is 24.3 Å². The third kappa shape index (κ3) is 5.17. The van der Waals surface area contributed by atoms with Crippen LogP contribution < -0.4 is 16.2 Å². The highest BCUT2D eigenvalue weighted by molar-refractivity contribution is 6.09. The highest BCUT2D eigenvalue weighted by Crippen LogP contribution is 2.27. The average molecular weight is 417 g/mol. The summed E-state index contributed by atoms with van der Waals surface area (Å²) in [6.07, 6.45) is 2.50. The Labute approximate surface area is 177 Å². The number of carbonyl (C=O) groups is 4. The van der Waals surface area contributed by atoms with Gasteiger partial charge in [0.25, 0.3) is 17.7 Å². The minimum Gasteiger partial charge on any atom is -0.323 e. The highest BCUT2D eigenvalue weighted by Gasteiger charge is 2.50. The van der Waals surface area contributed by atoms with Crippen molar-refractivity contribution in [3.8, 4) is 0 Å². The van der Waals surface area contributed by atoms with Gasteiger partial charge in [-0.1, -0.05) is 59.6 Å². The molecule has 0 aromatic heterocycles. The first-order valence-corrected chi connectivity index (χ1v) is 10.4. The molecule has 164 valence electrons. The molecule has 0 atom stereocenters. The van der Waals surface area contributed by atoms with Gasteiger partial charge < -0.3 is 5.32 Å². The fourth-order valence-electron chi connectivity index (χ4n) is 3.64. The molecule has 0 spiro atoms. The lowest BCUT2D eigenvalue weighted by atomic mass is 9.87. The van der Waals surface area contributed by atoms with Gasteiger partial charge in [0.2, 0.25) is 0 Å². The number of imide groups is 1. The summed E-state index contributed by atoms with van der Waals surface area (Å²) in [5.74, 6) is -1.52. The van der Waals surface area contributed by atoms with Crippen LogP contribution in [0.2, 0.25) is 0 Å². The maximum absolute atomic E-state index is 12.8. The lowest BCUT2D eigenvalue weighted by Gasteiger charge is -2.25. The molecule has 1 heterocycles. The highest BCUT2D eigenvalue weighted by atomic mass is 16.2. The van der Waals surface area contributed by atoms with E-state index in [4.69, 9.17) is 0 Å². The van der Waals surface area contributed by atoms with Crippen molar-refractivity contribution in [1.29, 1.82) is 0 Å². The molecule has 2 rings (SSSR count). The maximum Gasteiger partial charge on any atom is 0.325 e. The van der Waals surface area contributed by atoms with Gasteiger partial charge in [0.05, 0.1) is 0 Å². The van der Waals surface area contributed by atoms with Crippen molar-refractivity contribution in [2.24, 2.45) is 0 Å². The topological polar surface area (TPSA) is 108 Å². The van der Waals surface area contributed by atoms with Crippen LogP contribution in [0.4, 0.5) is 4.79 Å². The van der Waals surface area contributed by atoms with Crippen LogP contribution >= 0.6 is 0 Å². The Morgan fingerprint density at radius 3 is 2.07 bits per heavy atom. The summed E-state index contributed by atoms with van der Waals surface area (Å²) in [7, 11) is 0. The number of nitrogens with zero attached hydrogens (tertiary/aromatic N) is 1. The third-order valence-corrected chi connectivity index (χ3v) is 5.23. The van der Waals surface area contributed by atoms with Crippen LogP contribution in [0.3, 0.4) is 0 Å². The van der Waals surface area contributed by atoms with E-state index in [9.17, 15) is 19.2 Å². The second kappa shape index (κ2) is 9.28. The van der Waals surface area contributed by atoms with Crippen LogP contribution in [-0.2, 0) is 15.0 Å². The summed E-state index contributed by atoms with van der Waals surface area (Å²) in [5, 5.41) is 2.75. The Hall–Kier alpha value is -2.90. The molecule has 1 saturated heterocycles. The molecular weight excluding hydrogens is 384 g/mol. The first kappa shape index (κ1) is 23.4. The molecule has 0 aliphatic carbocycles. The molecule has 8 heteroatoms. The first-order valence-electron chi connectivity index (χ1n) is 10.4. The lowest BCUT2D eigenvalue weighted by Crippen LogP contribution is -2.49. The summed E-state index contributed by atoms with van der Waals surface area (Å²) in [4.78, 5) is 50.5. The van der Waals surface area contributed by atoms with Crippen molar-refractivity contribution in [3.63, 3.8) is 0 Å². The molecule has 0 radical (unpaired) electrons. The predicted octanol–water partition coefficient (Wildman–Crippen LogP) is 2.64. The fourth-order valence-corrected chi connectivity index (χ4v) is 3.64. The number of hydrogen-bond acceptors (Lipinski definition) is 4. The van der Waals surface area contributed by atoms with E-state index in [2.05, 4.69) is 36.9 Å². The summed E-state index contributed by atoms with van der Waals surface area (Å²) < 4.78 is 0. The second-order valence-electron chi connectivity index (χ2n) is 8.73. The average Bonchev–Trinajstić information content (AvgIpc) is 2.90. The van der Waals surface area contributed by atoms with E-state index in [1.54, 1.807) is 12.1 Å². The number of urea groups is 1. The Bertz CT molecular complexity index is 805. The van der Waals surface area contributed by atoms with Crippen LogP contribution in [0.5, 0.6) is 0 Å². The second-order valence-corrected chi connectivity index (χ2v) is 8.73. The van der Waals surface area contributed by atoms with Crippen LogP contribution in [-0.4, -0.2) is 40.7 Å². The summed E-state index contributed by atoms with van der Waals surface area (Å²) in [6, 6.07) is 6.52. The lowest BCUT2D eigenvalue weighted by molar-refractivity contribution is -0.135. The summed E-state index contributed by atoms with van der Waals surface area (Å²) in [6.45, 7) is 9.66. The quantitative estimate of drug-likeness (QED) is 0.469. The maximum atomic E-state index is 12.8. The van der Waals surface area contributed by atoms with E-state index in [1.165, 1.54) is 0 Å². The Kier molecular flexibility index (Phi) is 7.23. The van der Waals surface area contributed by atoms with E-state index in [0.29, 0.717) is 18.4 Å². The molecule has 0 bridgehead atoms. The Balaban J connectivity index is 1.95. The molecule has 1 fully saturated rings. The zero-order chi connectivity index (χ0) is 22.5. The number of rotatable bonds is 7. The molecule has 5 amide bonds. The number of hydrogen-bond donors (Lipinski definition) is 3. The smallest absolute Gasteiger partial charge is 0.323 e. The van der Waals surface area contributed by atoms with Gasteiger partial charge in [0.1, 0.15) is 12.1 Å². The molecule has 1 aliphatic heterocycles. The summed E-state index contributed by atoms with van der Waals surface area (Å²) in [5.41, 5.74) is 5.10. The molecule has 1 aliphatic rings. The minimum absolute atomic E-state index is 0.0309. The van der Waals surface area contributed by atoms with Crippen molar-refractivity contribution < 1.29 is 19.2 Å². The van der Waals surface area contributed by atoms with E-state index in [0.717, 1.165) is 23.3 Å². The molecule has 1 aromatic carbocycles. The van der Waals surface area contributed by atoms with Gasteiger partial charge in [0, 0.05) is 5.56 Å². The molecular formula is C22H32N4O4. The zero-order valence-electron chi connectivity index (χ0n) is 18.4. The number of benzene rings is 1. The third-order valence-electron chi connectivity index (χ3n) is 5.23. The Morgan fingerprint density at radius 2 is 1.57 bits per heavy atom. The van der Waals surface area contributed by atoms with Gasteiger partial charge in [-0.05, 0) is 36.0 Å².